The maximum absolute atomic E-state index is 12.8. The van der Waals surface area contributed by atoms with Crippen LogP contribution in [0.25, 0.3) is 6.08 Å². The van der Waals surface area contributed by atoms with E-state index in [1.807, 2.05) is 18.2 Å². The highest BCUT2D eigenvalue weighted by molar-refractivity contribution is 9.10. The summed E-state index contributed by atoms with van der Waals surface area (Å²) < 4.78 is 6.04. The molecule has 0 radical (unpaired) electrons. The molecule has 3 rings (SSSR count). The second-order valence-corrected chi connectivity index (χ2v) is 6.50. The van der Waals surface area contributed by atoms with Gasteiger partial charge in [-0.15, -0.1) is 0 Å². The Balaban J connectivity index is 1.96. The van der Waals surface area contributed by atoms with Crippen molar-refractivity contribution in [3.05, 3.63) is 69.7 Å². The van der Waals surface area contributed by atoms with Gasteiger partial charge in [-0.3, -0.25) is 19.8 Å². The van der Waals surface area contributed by atoms with E-state index in [4.69, 9.17) is 4.74 Å². The van der Waals surface area contributed by atoms with E-state index in [1.54, 1.807) is 30.3 Å². The lowest BCUT2D eigenvalue weighted by atomic mass is 10.1. The Kier molecular flexibility index (Phi) is 5.18. The van der Waals surface area contributed by atoms with E-state index in [2.05, 4.69) is 21.2 Å². The van der Waals surface area contributed by atoms with Crippen molar-refractivity contribution in [2.45, 2.75) is 6.54 Å². The van der Waals surface area contributed by atoms with Crippen LogP contribution in [0, 0.1) is 0 Å². The predicted molar refractivity (Wildman–Crippen MR) is 99.2 cm³/mol. The standard InChI is InChI=1S/C19H15BrN2O4/c1-26-16-8-7-14(20)9-13(16)10-15-17(23)21-19(25)22(18(15)24)11-12-5-3-2-4-6-12/h2-10H,11H2,1H3,(H,21,23,25)/b15-10+. The normalized spacial score (nSPS) is 16.0. The predicted octanol–water partition coefficient (Wildman–Crippen LogP) is 3.12. The average Bonchev–Trinajstić information content (AvgIpc) is 2.63. The molecule has 26 heavy (non-hydrogen) atoms. The molecule has 0 spiro atoms. The van der Waals surface area contributed by atoms with Crippen LogP contribution in [0.2, 0.25) is 0 Å². The molecule has 1 heterocycles. The van der Waals surface area contributed by atoms with E-state index in [1.165, 1.54) is 13.2 Å². The van der Waals surface area contributed by atoms with Crippen LogP contribution in [0.5, 0.6) is 5.75 Å². The van der Waals surface area contributed by atoms with Gasteiger partial charge in [0.05, 0.1) is 13.7 Å². The van der Waals surface area contributed by atoms with Gasteiger partial charge in [0.1, 0.15) is 11.3 Å². The first kappa shape index (κ1) is 17.9. The molecule has 0 atom stereocenters. The maximum atomic E-state index is 12.8. The number of methoxy groups -OCH3 is 1. The zero-order valence-corrected chi connectivity index (χ0v) is 15.4. The summed E-state index contributed by atoms with van der Waals surface area (Å²) in [6.45, 7) is 0.0751. The first-order valence-corrected chi connectivity index (χ1v) is 8.55. The maximum Gasteiger partial charge on any atom is 0.331 e. The molecule has 132 valence electrons. The molecule has 1 N–H and O–H groups in total. The summed E-state index contributed by atoms with van der Waals surface area (Å²) in [6, 6.07) is 13.6. The Hall–Kier alpha value is -2.93. The monoisotopic (exact) mass is 414 g/mol. The number of hydrogen-bond donors (Lipinski definition) is 1. The van der Waals surface area contributed by atoms with Crippen molar-refractivity contribution in [1.82, 2.24) is 10.2 Å². The summed E-state index contributed by atoms with van der Waals surface area (Å²) in [5, 5.41) is 2.21. The number of urea groups is 1. The fourth-order valence-corrected chi connectivity index (χ4v) is 2.96. The Bertz CT molecular complexity index is 909. The third-order valence-electron chi connectivity index (χ3n) is 3.86. The van der Waals surface area contributed by atoms with Crippen LogP contribution >= 0.6 is 15.9 Å². The first-order chi connectivity index (χ1) is 12.5. The summed E-state index contributed by atoms with van der Waals surface area (Å²) in [4.78, 5) is 38.1. The van der Waals surface area contributed by atoms with Crippen molar-refractivity contribution in [2.75, 3.05) is 7.11 Å². The van der Waals surface area contributed by atoms with Crippen LogP contribution in [-0.4, -0.2) is 29.9 Å². The highest BCUT2D eigenvalue weighted by atomic mass is 79.9. The second kappa shape index (κ2) is 7.53. The van der Waals surface area contributed by atoms with Gasteiger partial charge < -0.3 is 4.74 Å². The van der Waals surface area contributed by atoms with E-state index >= 15 is 0 Å². The van der Waals surface area contributed by atoms with Gasteiger partial charge in [0.2, 0.25) is 0 Å². The minimum Gasteiger partial charge on any atom is -0.496 e. The van der Waals surface area contributed by atoms with Gasteiger partial charge in [-0.2, -0.15) is 0 Å². The number of carbonyl (C=O) groups is 3. The fraction of sp³-hybridized carbons (Fsp3) is 0.105. The third kappa shape index (κ3) is 3.67. The number of nitrogens with one attached hydrogen (secondary N) is 1. The smallest absolute Gasteiger partial charge is 0.331 e. The summed E-state index contributed by atoms with van der Waals surface area (Å²) in [5.74, 6) is -0.871. The number of imide groups is 2. The minimum atomic E-state index is -0.734. The van der Waals surface area contributed by atoms with E-state index in [9.17, 15) is 14.4 Å². The van der Waals surface area contributed by atoms with Crippen molar-refractivity contribution >= 4 is 39.9 Å². The van der Waals surface area contributed by atoms with Crippen molar-refractivity contribution in [1.29, 1.82) is 0 Å². The third-order valence-corrected chi connectivity index (χ3v) is 4.35. The molecule has 2 aromatic carbocycles. The number of barbiturate groups is 1. The van der Waals surface area contributed by atoms with Crippen LogP contribution < -0.4 is 10.1 Å². The number of carbonyl (C=O) groups excluding carboxylic acids is 3. The average molecular weight is 415 g/mol. The highest BCUT2D eigenvalue weighted by Gasteiger charge is 2.35. The lowest BCUT2D eigenvalue weighted by molar-refractivity contribution is -0.130. The quantitative estimate of drug-likeness (QED) is 0.615. The Morgan fingerprint density at radius 3 is 2.54 bits per heavy atom. The Morgan fingerprint density at radius 2 is 1.85 bits per heavy atom. The molecule has 6 nitrogen and oxygen atoms in total. The molecular formula is C19H15BrN2O4. The van der Waals surface area contributed by atoms with Gasteiger partial charge in [-0.05, 0) is 29.8 Å². The molecule has 1 aliphatic heterocycles. The van der Waals surface area contributed by atoms with Gasteiger partial charge in [0, 0.05) is 10.0 Å². The zero-order valence-electron chi connectivity index (χ0n) is 13.9. The van der Waals surface area contributed by atoms with Crippen LogP contribution in [0.1, 0.15) is 11.1 Å². The summed E-state index contributed by atoms with van der Waals surface area (Å²) in [5.41, 5.74) is 1.20. The van der Waals surface area contributed by atoms with Gasteiger partial charge >= 0.3 is 6.03 Å². The van der Waals surface area contributed by atoms with Gasteiger partial charge in [0.25, 0.3) is 11.8 Å². The number of hydrogen-bond acceptors (Lipinski definition) is 4. The molecule has 1 aliphatic rings. The summed E-state index contributed by atoms with van der Waals surface area (Å²) in [6.07, 6.45) is 1.42. The topological polar surface area (TPSA) is 75.7 Å². The highest BCUT2D eigenvalue weighted by Crippen LogP contribution is 2.26. The molecule has 1 saturated heterocycles. The van der Waals surface area contributed by atoms with E-state index in [-0.39, 0.29) is 12.1 Å². The molecule has 7 heteroatoms. The van der Waals surface area contributed by atoms with Crippen molar-refractivity contribution in [3.8, 4) is 5.75 Å². The van der Waals surface area contributed by atoms with Crippen molar-refractivity contribution in [2.24, 2.45) is 0 Å². The van der Waals surface area contributed by atoms with Crippen LogP contribution in [-0.2, 0) is 16.1 Å². The summed E-state index contributed by atoms with van der Waals surface area (Å²) in [7, 11) is 1.50. The van der Waals surface area contributed by atoms with Crippen LogP contribution in [0.3, 0.4) is 0 Å². The molecule has 0 saturated carbocycles. The van der Waals surface area contributed by atoms with Crippen molar-refractivity contribution in [3.63, 3.8) is 0 Å². The van der Waals surface area contributed by atoms with Crippen LogP contribution in [0.15, 0.2) is 58.6 Å². The summed E-state index contributed by atoms with van der Waals surface area (Å²) >= 11 is 3.35. The molecule has 0 bridgehead atoms. The first-order valence-electron chi connectivity index (χ1n) is 7.76. The Labute approximate surface area is 158 Å². The van der Waals surface area contributed by atoms with Gasteiger partial charge in [-0.1, -0.05) is 46.3 Å². The number of halogens is 1. The van der Waals surface area contributed by atoms with Gasteiger partial charge in [-0.25, -0.2) is 4.79 Å². The lowest BCUT2D eigenvalue weighted by Gasteiger charge is -2.26. The van der Waals surface area contributed by atoms with Gasteiger partial charge in [0.15, 0.2) is 0 Å². The lowest BCUT2D eigenvalue weighted by Crippen LogP contribution is -2.53. The number of benzene rings is 2. The molecular weight excluding hydrogens is 400 g/mol. The number of amides is 4. The SMILES string of the molecule is COc1ccc(Br)cc1/C=C1\C(=O)NC(=O)N(Cc2ccccc2)C1=O. The fourth-order valence-electron chi connectivity index (χ4n) is 2.58. The molecule has 0 aliphatic carbocycles. The second-order valence-electron chi connectivity index (χ2n) is 5.58. The van der Waals surface area contributed by atoms with Crippen molar-refractivity contribution < 1.29 is 19.1 Å². The molecule has 0 unspecified atom stereocenters. The Morgan fingerprint density at radius 1 is 1.12 bits per heavy atom. The molecule has 1 fully saturated rings. The number of rotatable bonds is 4. The van der Waals surface area contributed by atoms with E-state index in [0.29, 0.717) is 11.3 Å². The number of ether oxygens (including phenoxy) is 1. The molecule has 2 aromatic rings. The van der Waals surface area contributed by atoms with E-state index < -0.39 is 17.8 Å². The zero-order chi connectivity index (χ0) is 18.7. The van der Waals surface area contributed by atoms with E-state index in [0.717, 1.165) is 14.9 Å². The number of nitrogens with zero attached hydrogens (tertiary/aromatic N) is 1. The molecule has 0 aromatic heterocycles. The minimum absolute atomic E-state index is 0.0751. The van der Waals surface area contributed by atoms with Crippen LogP contribution in [0.4, 0.5) is 4.79 Å². The molecule has 4 amide bonds. The largest absolute Gasteiger partial charge is 0.496 e.